The summed E-state index contributed by atoms with van der Waals surface area (Å²) in [4.78, 5) is 9.08. The van der Waals surface area contributed by atoms with E-state index in [-0.39, 0.29) is 12.1 Å². The molecule has 2 heterocycles. The molecule has 1 saturated carbocycles. The van der Waals surface area contributed by atoms with Crippen LogP contribution < -0.4 is 0 Å². The summed E-state index contributed by atoms with van der Waals surface area (Å²) in [5, 5.41) is 11.5. The molecule has 0 radical (unpaired) electrons. The number of aliphatic hydroxyl groups excluding tert-OH is 1. The van der Waals surface area contributed by atoms with Gasteiger partial charge in [0, 0.05) is 29.5 Å². The van der Waals surface area contributed by atoms with Crippen LogP contribution in [0.3, 0.4) is 0 Å². The smallest absolute Gasteiger partial charge is 0.142 e. The highest BCUT2D eigenvalue weighted by Gasteiger charge is 2.26. The van der Waals surface area contributed by atoms with E-state index in [0.29, 0.717) is 0 Å². The molecule has 2 atom stereocenters. The lowest BCUT2D eigenvalue weighted by Crippen LogP contribution is -2.27. The van der Waals surface area contributed by atoms with Crippen molar-refractivity contribution in [1.29, 1.82) is 0 Å². The van der Waals surface area contributed by atoms with Crippen molar-refractivity contribution in [3.05, 3.63) is 48.9 Å². The predicted molar refractivity (Wildman–Crippen MR) is 86.5 cm³/mol. The van der Waals surface area contributed by atoms with Crippen LogP contribution in [0.2, 0.25) is 0 Å². The predicted octanol–water partition coefficient (Wildman–Crippen LogP) is 3.57. The molecular formula is C18H19N3O. The third-order valence-electron chi connectivity index (χ3n) is 4.59. The zero-order valence-electron chi connectivity index (χ0n) is 12.4. The molecule has 0 amide bonds. The molecule has 0 unspecified atom stereocenters. The summed E-state index contributed by atoms with van der Waals surface area (Å²) in [5.41, 5.74) is 1.99. The number of hydrogen-bond acceptors (Lipinski definition) is 3. The molecule has 3 aromatic rings. The fourth-order valence-corrected chi connectivity index (χ4v) is 3.49. The first kappa shape index (κ1) is 13.5. The first-order chi connectivity index (χ1) is 10.8. The monoisotopic (exact) mass is 293 g/mol. The Kier molecular flexibility index (Phi) is 3.39. The first-order valence-electron chi connectivity index (χ1n) is 7.89. The van der Waals surface area contributed by atoms with Gasteiger partial charge in [0.15, 0.2) is 0 Å². The van der Waals surface area contributed by atoms with E-state index >= 15 is 0 Å². The van der Waals surface area contributed by atoms with Gasteiger partial charge in [0.25, 0.3) is 0 Å². The number of hydrogen-bond donors (Lipinski definition) is 1. The van der Waals surface area contributed by atoms with Gasteiger partial charge >= 0.3 is 0 Å². The molecule has 1 N–H and O–H groups in total. The molecule has 0 saturated heterocycles. The van der Waals surface area contributed by atoms with Gasteiger partial charge in [-0.05, 0) is 25.0 Å². The van der Waals surface area contributed by atoms with Crippen molar-refractivity contribution in [1.82, 2.24) is 14.5 Å². The Labute approximate surface area is 129 Å². The summed E-state index contributed by atoms with van der Waals surface area (Å²) in [6.45, 7) is 0. The molecule has 0 aliphatic heterocycles. The lowest BCUT2D eigenvalue weighted by atomic mass is 9.92. The zero-order valence-corrected chi connectivity index (χ0v) is 12.4. The van der Waals surface area contributed by atoms with E-state index in [1.807, 2.05) is 30.7 Å². The van der Waals surface area contributed by atoms with Crippen LogP contribution in [-0.2, 0) is 0 Å². The number of para-hydroxylation sites is 1. The van der Waals surface area contributed by atoms with Gasteiger partial charge in [-0.2, -0.15) is 0 Å². The summed E-state index contributed by atoms with van der Waals surface area (Å²) in [5.74, 6) is 0.898. The van der Waals surface area contributed by atoms with Crippen molar-refractivity contribution in [2.75, 3.05) is 0 Å². The van der Waals surface area contributed by atoms with Crippen molar-refractivity contribution >= 4 is 10.9 Å². The van der Waals surface area contributed by atoms with Crippen LogP contribution >= 0.6 is 0 Å². The highest BCUT2D eigenvalue weighted by molar-refractivity contribution is 5.91. The van der Waals surface area contributed by atoms with Crippen molar-refractivity contribution in [3.8, 4) is 11.4 Å². The number of benzene rings is 1. The van der Waals surface area contributed by atoms with E-state index in [1.165, 1.54) is 0 Å². The maximum absolute atomic E-state index is 10.4. The third kappa shape index (κ3) is 2.20. The minimum Gasteiger partial charge on any atom is -0.391 e. The van der Waals surface area contributed by atoms with Gasteiger partial charge in [0.05, 0.1) is 17.7 Å². The highest BCUT2D eigenvalue weighted by Crippen LogP contribution is 2.33. The van der Waals surface area contributed by atoms with E-state index in [1.54, 1.807) is 0 Å². The Bertz CT molecular complexity index is 790. The van der Waals surface area contributed by atoms with Crippen molar-refractivity contribution in [2.45, 2.75) is 37.8 Å². The van der Waals surface area contributed by atoms with Crippen molar-refractivity contribution in [2.24, 2.45) is 0 Å². The van der Waals surface area contributed by atoms with E-state index in [0.717, 1.165) is 48.0 Å². The number of fused-ring (bicyclic) bond motifs is 1. The van der Waals surface area contributed by atoms with Gasteiger partial charge in [0.1, 0.15) is 5.82 Å². The molecule has 1 aliphatic rings. The maximum Gasteiger partial charge on any atom is 0.142 e. The van der Waals surface area contributed by atoms with Crippen molar-refractivity contribution in [3.63, 3.8) is 0 Å². The summed E-state index contributed by atoms with van der Waals surface area (Å²) < 4.78 is 2.13. The lowest BCUT2D eigenvalue weighted by molar-refractivity contribution is 0.0762. The zero-order chi connectivity index (χ0) is 14.9. The standard InChI is InChI=1S/C18H19N3O/c22-16-9-2-1-8-15(16)21-12-11-20-18(21)14-7-3-5-13-6-4-10-19-17(13)14/h3-7,10-12,15-16,22H,1-2,8-9H2/t15-,16-/m1/s1. The second-order valence-electron chi connectivity index (χ2n) is 5.96. The van der Waals surface area contributed by atoms with Crippen LogP contribution in [0, 0.1) is 0 Å². The summed E-state index contributed by atoms with van der Waals surface area (Å²) in [6.07, 6.45) is 9.47. The van der Waals surface area contributed by atoms with Crippen molar-refractivity contribution < 1.29 is 5.11 Å². The van der Waals surface area contributed by atoms with Gasteiger partial charge < -0.3 is 9.67 Å². The molecule has 0 bridgehead atoms. The molecule has 1 aromatic carbocycles. The molecule has 4 rings (SSSR count). The average molecular weight is 293 g/mol. The summed E-state index contributed by atoms with van der Waals surface area (Å²) in [7, 11) is 0. The van der Waals surface area contributed by atoms with E-state index in [2.05, 4.69) is 32.7 Å². The topological polar surface area (TPSA) is 50.9 Å². The molecule has 22 heavy (non-hydrogen) atoms. The normalized spacial score (nSPS) is 22.0. The number of rotatable bonds is 2. The number of nitrogens with zero attached hydrogens (tertiary/aromatic N) is 3. The number of pyridine rings is 1. The van der Waals surface area contributed by atoms with Gasteiger partial charge in [-0.25, -0.2) is 4.98 Å². The molecule has 4 nitrogen and oxygen atoms in total. The Hall–Kier alpha value is -2.20. The number of aromatic nitrogens is 3. The van der Waals surface area contributed by atoms with Crippen LogP contribution in [0.5, 0.6) is 0 Å². The van der Waals surface area contributed by atoms with E-state index in [9.17, 15) is 5.11 Å². The minimum absolute atomic E-state index is 0.116. The molecular weight excluding hydrogens is 274 g/mol. The van der Waals surface area contributed by atoms with Crippen LogP contribution in [0.15, 0.2) is 48.9 Å². The quantitative estimate of drug-likeness (QED) is 0.785. The van der Waals surface area contributed by atoms with E-state index < -0.39 is 0 Å². The molecule has 2 aromatic heterocycles. The molecule has 112 valence electrons. The Balaban J connectivity index is 1.85. The number of imidazole rings is 1. The maximum atomic E-state index is 10.4. The third-order valence-corrected chi connectivity index (χ3v) is 4.59. The van der Waals surface area contributed by atoms with Gasteiger partial charge in [-0.15, -0.1) is 0 Å². The molecule has 4 heteroatoms. The van der Waals surface area contributed by atoms with Crippen LogP contribution in [0.4, 0.5) is 0 Å². The van der Waals surface area contributed by atoms with Gasteiger partial charge in [0.2, 0.25) is 0 Å². The summed E-state index contributed by atoms with van der Waals surface area (Å²) >= 11 is 0. The lowest BCUT2D eigenvalue weighted by Gasteiger charge is -2.30. The van der Waals surface area contributed by atoms with E-state index in [4.69, 9.17) is 0 Å². The van der Waals surface area contributed by atoms with Gasteiger partial charge in [-0.1, -0.05) is 31.0 Å². The van der Waals surface area contributed by atoms with Crippen LogP contribution in [0.25, 0.3) is 22.3 Å². The fourth-order valence-electron chi connectivity index (χ4n) is 3.49. The molecule has 1 fully saturated rings. The summed E-state index contributed by atoms with van der Waals surface area (Å²) in [6, 6.07) is 10.3. The molecule has 0 spiro atoms. The SMILES string of the molecule is O[C@@H]1CCCC[C@H]1n1ccnc1-c1cccc2cccnc12. The Morgan fingerprint density at radius 3 is 2.77 bits per heavy atom. The van der Waals surface area contributed by atoms with Crippen LogP contribution in [-0.4, -0.2) is 25.7 Å². The highest BCUT2D eigenvalue weighted by atomic mass is 16.3. The Morgan fingerprint density at radius 2 is 1.86 bits per heavy atom. The number of aliphatic hydroxyl groups is 1. The second-order valence-corrected chi connectivity index (χ2v) is 5.96. The largest absolute Gasteiger partial charge is 0.391 e. The minimum atomic E-state index is -0.287. The van der Waals surface area contributed by atoms with Crippen LogP contribution in [0.1, 0.15) is 31.7 Å². The second kappa shape index (κ2) is 5.54. The first-order valence-corrected chi connectivity index (χ1v) is 7.89. The van der Waals surface area contributed by atoms with Gasteiger partial charge in [-0.3, -0.25) is 4.98 Å². The fraction of sp³-hybridized carbons (Fsp3) is 0.333. The molecule has 1 aliphatic carbocycles. The Morgan fingerprint density at radius 1 is 1.00 bits per heavy atom. The average Bonchev–Trinajstić information content (AvgIpc) is 3.04.